The van der Waals surface area contributed by atoms with E-state index in [-0.39, 0.29) is 11.9 Å². The van der Waals surface area contributed by atoms with Crippen LogP contribution in [0, 0.1) is 0 Å². The van der Waals surface area contributed by atoms with Gasteiger partial charge in [0.25, 0.3) is 0 Å². The average Bonchev–Trinajstić information content (AvgIpc) is 2.61. The molecular weight excluding hydrogens is 188 g/mol. The van der Waals surface area contributed by atoms with Gasteiger partial charge in [-0.2, -0.15) is 0 Å². The van der Waals surface area contributed by atoms with Gasteiger partial charge in [-0.1, -0.05) is 30.3 Å². The summed E-state index contributed by atoms with van der Waals surface area (Å²) in [6.45, 7) is 0. The van der Waals surface area contributed by atoms with Crippen molar-refractivity contribution < 1.29 is 4.79 Å². The molecule has 0 radical (unpaired) electrons. The monoisotopic (exact) mass is 198 g/mol. The molecule has 1 amide bonds. The molecule has 0 aliphatic carbocycles. The van der Waals surface area contributed by atoms with Gasteiger partial charge in [0.05, 0.1) is 0 Å². The van der Waals surface area contributed by atoms with Gasteiger partial charge in [0, 0.05) is 11.1 Å². The molecule has 3 heteroatoms. The molecule has 3 nitrogen and oxygen atoms in total. The second kappa shape index (κ2) is 2.73. The minimum Gasteiger partial charge on any atom is -0.370 e. The molecule has 1 aliphatic heterocycles. The third kappa shape index (κ3) is 1.03. The zero-order valence-corrected chi connectivity index (χ0v) is 8.03. The van der Waals surface area contributed by atoms with Crippen LogP contribution in [0.2, 0.25) is 0 Å². The highest BCUT2D eigenvalue weighted by Gasteiger charge is 2.26. The van der Waals surface area contributed by atoms with E-state index in [0.717, 1.165) is 22.0 Å². The topological polar surface area (TPSA) is 55.1 Å². The number of amides is 1. The van der Waals surface area contributed by atoms with E-state index in [9.17, 15) is 4.79 Å². The molecule has 2 aromatic carbocycles. The van der Waals surface area contributed by atoms with Crippen LogP contribution in [0.15, 0.2) is 36.4 Å². The van der Waals surface area contributed by atoms with Crippen LogP contribution in [0.5, 0.6) is 0 Å². The van der Waals surface area contributed by atoms with Gasteiger partial charge in [0.15, 0.2) is 0 Å². The normalized spacial score (nSPS) is 17.7. The van der Waals surface area contributed by atoms with Crippen LogP contribution in [0.4, 0.5) is 5.69 Å². The molecule has 2 aromatic rings. The van der Waals surface area contributed by atoms with Crippen molar-refractivity contribution in [2.75, 3.05) is 5.32 Å². The van der Waals surface area contributed by atoms with Gasteiger partial charge < -0.3 is 11.1 Å². The Bertz CT molecular complexity index is 557. The van der Waals surface area contributed by atoms with Crippen molar-refractivity contribution in [1.29, 1.82) is 0 Å². The van der Waals surface area contributed by atoms with Crippen molar-refractivity contribution in [1.82, 2.24) is 0 Å². The number of primary amides is 1. The van der Waals surface area contributed by atoms with Crippen molar-refractivity contribution >= 4 is 22.4 Å². The molecule has 1 unspecified atom stereocenters. The van der Waals surface area contributed by atoms with Crippen LogP contribution in [0.3, 0.4) is 0 Å². The van der Waals surface area contributed by atoms with Gasteiger partial charge in [-0.15, -0.1) is 0 Å². The fraction of sp³-hybridized carbons (Fsp3) is 0.0833. The lowest BCUT2D eigenvalue weighted by atomic mass is 10.0. The van der Waals surface area contributed by atoms with Gasteiger partial charge in [0.1, 0.15) is 6.04 Å². The summed E-state index contributed by atoms with van der Waals surface area (Å²) >= 11 is 0. The van der Waals surface area contributed by atoms with Crippen LogP contribution >= 0.6 is 0 Å². The Kier molecular flexibility index (Phi) is 1.51. The standard InChI is InChI=1S/C12H10N2O/c13-12(15)11-8-5-1-3-7-4-2-6-9(14-11)10(7)8/h1-6,11,14H,(H2,13,15). The summed E-state index contributed by atoms with van der Waals surface area (Å²) in [7, 11) is 0. The fourth-order valence-electron chi connectivity index (χ4n) is 2.19. The predicted octanol–water partition coefficient (Wildman–Crippen LogP) is 1.79. The molecule has 74 valence electrons. The van der Waals surface area contributed by atoms with Crippen molar-refractivity contribution in [3.05, 3.63) is 42.0 Å². The van der Waals surface area contributed by atoms with E-state index in [2.05, 4.69) is 5.32 Å². The molecule has 1 heterocycles. The van der Waals surface area contributed by atoms with E-state index in [4.69, 9.17) is 5.73 Å². The lowest BCUT2D eigenvalue weighted by Gasteiger charge is -2.07. The molecule has 0 saturated carbocycles. The zero-order valence-electron chi connectivity index (χ0n) is 8.03. The Morgan fingerprint density at radius 3 is 2.67 bits per heavy atom. The molecule has 0 bridgehead atoms. The SMILES string of the molecule is NC(=O)C1Nc2cccc3cccc1c23. The van der Waals surface area contributed by atoms with Crippen LogP contribution in [0.1, 0.15) is 11.6 Å². The van der Waals surface area contributed by atoms with Gasteiger partial charge in [-0.3, -0.25) is 4.79 Å². The Hall–Kier alpha value is -2.03. The first-order valence-electron chi connectivity index (χ1n) is 4.85. The first kappa shape index (κ1) is 8.29. The first-order valence-corrected chi connectivity index (χ1v) is 4.85. The van der Waals surface area contributed by atoms with E-state index in [1.54, 1.807) is 0 Å². The Balaban J connectivity index is 2.36. The third-order valence-electron chi connectivity index (χ3n) is 2.83. The van der Waals surface area contributed by atoms with E-state index in [0.29, 0.717) is 0 Å². The van der Waals surface area contributed by atoms with E-state index in [1.807, 2.05) is 36.4 Å². The first-order chi connectivity index (χ1) is 7.27. The molecule has 1 atom stereocenters. The molecule has 0 fully saturated rings. The Morgan fingerprint density at radius 1 is 1.20 bits per heavy atom. The summed E-state index contributed by atoms with van der Waals surface area (Å²) in [5, 5.41) is 5.39. The Morgan fingerprint density at radius 2 is 1.93 bits per heavy atom. The highest BCUT2D eigenvalue weighted by Crippen LogP contribution is 2.38. The number of anilines is 1. The van der Waals surface area contributed by atoms with Crippen LogP contribution in [-0.4, -0.2) is 5.91 Å². The maximum absolute atomic E-state index is 11.3. The number of nitrogens with two attached hydrogens (primary N) is 1. The fourth-order valence-corrected chi connectivity index (χ4v) is 2.19. The Labute approximate surface area is 86.9 Å². The van der Waals surface area contributed by atoms with Crippen LogP contribution < -0.4 is 11.1 Å². The van der Waals surface area contributed by atoms with Gasteiger partial charge >= 0.3 is 0 Å². The number of hydrogen-bond donors (Lipinski definition) is 2. The molecular formula is C12H10N2O. The number of rotatable bonds is 1. The van der Waals surface area contributed by atoms with Crippen LogP contribution in [-0.2, 0) is 4.79 Å². The molecule has 0 saturated heterocycles. The highest BCUT2D eigenvalue weighted by molar-refractivity contribution is 6.05. The lowest BCUT2D eigenvalue weighted by Crippen LogP contribution is -2.24. The van der Waals surface area contributed by atoms with Crippen molar-refractivity contribution in [3.63, 3.8) is 0 Å². The average molecular weight is 198 g/mol. The summed E-state index contributed by atoms with van der Waals surface area (Å²) < 4.78 is 0. The molecule has 1 aliphatic rings. The van der Waals surface area contributed by atoms with E-state index < -0.39 is 0 Å². The smallest absolute Gasteiger partial charge is 0.244 e. The molecule has 3 N–H and O–H groups in total. The second-order valence-corrected chi connectivity index (χ2v) is 3.73. The maximum Gasteiger partial charge on any atom is 0.244 e. The third-order valence-corrected chi connectivity index (χ3v) is 2.83. The summed E-state index contributed by atoms with van der Waals surface area (Å²) in [6.07, 6.45) is 0. The van der Waals surface area contributed by atoms with Gasteiger partial charge in [-0.25, -0.2) is 0 Å². The second-order valence-electron chi connectivity index (χ2n) is 3.73. The maximum atomic E-state index is 11.3. The molecule has 0 aromatic heterocycles. The van der Waals surface area contributed by atoms with E-state index in [1.165, 1.54) is 0 Å². The van der Waals surface area contributed by atoms with Gasteiger partial charge in [-0.05, 0) is 17.0 Å². The predicted molar refractivity (Wildman–Crippen MR) is 59.5 cm³/mol. The molecule has 0 spiro atoms. The molecule has 15 heavy (non-hydrogen) atoms. The highest BCUT2D eigenvalue weighted by atomic mass is 16.1. The minimum absolute atomic E-state index is 0.335. The van der Waals surface area contributed by atoms with Crippen molar-refractivity contribution in [2.24, 2.45) is 5.73 Å². The lowest BCUT2D eigenvalue weighted by molar-refractivity contribution is -0.118. The minimum atomic E-state index is -0.383. The quantitative estimate of drug-likeness (QED) is 0.734. The van der Waals surface area contributed by atoms with Crippen LogP contribution in [0.25, 0.3) is 10.8 Å². The summed E-state index contributed by atoms with van der Waals surface area (Å²) in [5.74, 6) is -0.335. The van der Waals surface area contributed by atoms with Crippen molar-refractivity contribution in [2.45, 2.75) is 6.04 Å². The number of benzene rings is 2. The van der Waals surface area contributed by atoms with Gasteiger partial charge in [0.2, 0.25) is 5.91 Å². The number of carbonyl (C=O) groups excluding carboxylic acids is 1. The van der Waals surface area contributed by atoms with Crippen molar-refractivity contribution in [3.8, 4) is 0 Å². The number of carbonyl (C=O) groups is 1. The van der Waals surface area contributed by atoms with E-state index >= 15 is 0 Å². The number of hydrogen-bond acceptors (Lipinski definition) is 2. The summed E-state index contributed by atoms with van der Waals surface area (Å²) in [4.78, 5) is 11.3. The largest absolute Gasteiger partial charge is 0.370 e. The summed E-state index contributed by atoms with van der Waals surface area (Å²) in [5.41, 5.74) is 7.33. The summed E-state index contributed by atoms with van der Waals surface area (Å²) in [6, 6.07) is 11.5. The number of nitrogens with one attached hydrogen (secondary N) is 1. The molecule has 3 rings (SSSR count). The zero-order chi connectivity index (χ0) is 10.4.